The molecular formula is C19H23N3O3S. The first-order valence-electron chi connectivity index (χ1n) is 8.96. The summed E-state index contributed by atoms with van der Waals surface area (Å²) in [5.74, 6) is 1.77. The lowest BCUT2D eigenvalue weighted by molar-refractivity contribution is 0.0217. The number of nitrogens with zero attached hydrogens (tertiary/aromatic N) is 2. The summed E-state index contributed by atoms with van der Waals surface area (Å²) in [4.78, 5) is 19.3. The van der Waals surface area contributed by atoms with Gasteiger partial charge in [-0.1, -0.05) is 11.3 Å². The van der Waals surface area contributed by atoms with E-state index in [1.54, 1.807) is 36.8 Å². The minimum atomic E-state index is -0.0157. The van der Waals surface area contributed by atoms with Crippen LogP contribution in [0.3, 0.4) is 0 Å². The third-order valence-corrected chi connectivity index (χ3v) is 6.16. The summed E-state index contributed by atoms with van der Waals surface area (Å²) >= 11 is 1.37. The van der Waals surface area contributed by atoms with Crippen molar-refractivity contribution >= 4 is 17.2 Å². The Morgan fingerprint density at radius 2 is 2.00 bits per heavy atom. The normalized spacial score (nSPS) is 27.2. The molecule has 3 aliphatic rings. The fourth-order valence-corrected chi connectivity index (χ4v) is 4.58. The van der Waals surface area contributed by atoms with E-state index in [1.165, 1.54) is 24.2 Å². The number of carbonyl (C=O) groups is 1. The van der Waals surface area contributed by atoms with Crippen molar-refractivity contribution in [2.75, 3.05) is 20.2 Å². The van der Waals surface area contributed by atoms with Crippen LogP contribution in [-0.2, 0) is 0 Å². The molecule has 1 amide bonds. The molecule has 6 nitrogen and oxygen atoms in total. The summed E-state index contributed by atoms with van der Waals surface area (Å²) in [6, 6.07) is 7.83. The van der Waals surface area contributed by atoms with Crippen LogP contribution < -0.4 is 14.8 Å². The molecule has 1 aromatic carbocycles. The van der Waals surface area contributed by atoms with E-state index in [1.807, 2.05) is 0 Å². The number of thiazole rings is 1. The molecular weight excluding hydrogens is 350 g/mol. The first kappa shape index (κ1) is 17.3. The quantitative estimate of drug-likeness (QED) is 0.872. The summed E-state index contributed by atoms with van der Waals surface area (Å²) in [5.41, 5.74) is 0.651. The highest BCUT2D eigenvalue weighted by molar-refractivity contribution is 7.11. The molecule has 4 heterocycles. The highest BCUT2D eigenvalue weighted by Crippen LogP contribution is 2.32. The van der Waals surface area contributed by atoms with Gasteiger partial charge in [-0.3, -0.25) is 9.69 Å². The Kier molecular flexibility index (Phi) is 4.82. The molecule has 26 heavy (non-hydrogen) atoms. The van der Waals surface area contributed by atoms with Crippen LogP contribution in [0.2, 0.25) is 0 Å². The standard InChI is InChI=1S/C19H23N3O3S/c1-12-17(13-7-9-22(12)10-8-13)21-18(23)14-3-5-15(6-4-14)25-19-20-16(24-2)11-26-19/h3-6,11-13,17H,7-10H2,1-2H3,(H,21,23). The van der Waals surface area contributed by atoms with Crippen molar-refractivity contribution in [1.82, 2.24) is 15.2 Å². The minimum absolute atomic E-state index is 0.0157. The number of piperidine rings is 3. The van der Waals surface area contributed by atoms with Gasteiger partial charge in [0, 0.05) is 17.6 Å². The molecule has 2 unspecified atom stereocenters. The minimum Gasteiger partial charge on any atom is -0.480 e. The highest BCUT2D eigenvalue weighted by atomic mass is 32.1. The topological polar surface area (TPSA) is 63.7 Å². The molecule has 3 aliphatic heterocycles. The van der Waals surface area contributed by atoms with Gasteiger partial charge in [-0.05, 0) is 63.0 Å². The van der Waals surface area contributed by atoms with Crippen LogP contribution in [-0.4, -0.2) is 48.1 Å². The first-order valence-corrected chi connectivity index (χ1v) is 9.84. The van der Waals surface area contributed by atoms with Crippen LogP contribution in [0.4, 0.5) is 0 Å². The second-order valence-electron chi connectivity index (χ2n) is 6.90. The van der Waals surface area contributed by atoms with Gasteiger partial charge in [0.2, 0.25) is 5.88 Å². The molecule has 2 aromatic rings. The van der Waals surface area contributed by atoms with Gasteiger partial charge in [-0.2, -0.15) is 4.98 Å². The van der Waals surface area contributed by atoms with E-state index in [2.05, 4.69) is 22.1 Å². The predicted octanol–water partition coefficient (Wildman–Crippen LogP) is 3.16. The molecule has 5 rings (SSSR count). The Morgan fingerprint density at radius 3 is 2.62 bits per heavy atom. The number of hydrogen-bond acceptors (Lipinski definition) is 6. The van der Waals surface area contributed by atoms with Crippen molar-refractivity contribution in [3.8, 4) is 16.8 Å². The Hall–Kier alpha value is -2.12. The van der Waals surface area contributed by atoms with Crippen molar-refractivity contribution in [1.29, 1.82) is 0 Å². The van der Waals surface area contributed by atoms with Gasteiger partial charge in [-0.15, -0.1) is 0 Å². The van der Waals surface area contributed by atoms with Gasteiger partial charge in [0.25, 0.3) is 11.1 Å². The number of nitrogens with one attached hydrogen (secondary N) is 1. The van der Waals surface area contributed by atoms with E-state index in [0.29, 0.717) is 34.3 Å². The number of carbonyl (C=O) groups excluding carboxylic acids is 1. The lowest BCUT2D eigenvalue weighted by Crippen LogP contribution is -2.62. The van der Waals surface area contributed by atoms with Crippen LogP contribution in [0.15, 0.2) is 29.6 Å². The third kappa shape index (κ3) is 3.41. The van der Waals surface area contributed by atoms with Crippen molar-refractivity contribution in [3.63, 3.8) is 0 Å². The van der Waals surface area contributed by atoms with E-state index in [9.17, 15) is 4.79 Å². The monoisotopic (exact) mass is 373 g/mol. The molecule has 2 atom stereocenters. The number of hydrogen-bond donors (Lipinski definition) is 1. The van der Waals surface area contributed by atoms with Gasteiger partial charge >= 0.3 is 0 Å². The summed E-state index contributed by atoms with van der Waals surface area (Å²) < 4.78 is 10.7. The number of fused-ring (bicyclic) bond motifs is 3. The molecule has 0 saturated carbocycles. The fourth-order valence-electron chi connectivity index (χ4n) is 3.94. The van der Waals surface area contributed by atoms with E-state index >= 15 is 0 Å². The maximum Gasteiger partial charge on any atom is 0.282 e. The van der Waals surface area contributed by atoms with Crippen LogP contribution in [0.5, 0.6) is 16.8 Å². The van der Waals surface area contributed by atoms with Crippen molar-refractivity contribution in [3.05, 3.63) is 35.2 Å². The molecule has 0 radical (unpaired) electrons. The number of ether oxygens (including phenoxy) is 2. The summed E-state index contributed by atoms with van der Waals surface area (Å²) in [5, 5.41) is 5.55. The molecule has 3 fully saturated rings. The summed E-state index contributed by atoms with van der Waals surface area (Å²) in [6.45, 7) is 4.53. The van der Waals surface area contributed by atoms with Crippen molar-refractivity contribution in [2.24, 2.45) is 5.92 Å². The molecule has 3 saturated heterocycles. The zero-order chi connectivity index (χ0) is 18.1. The van der Waals surface area contributed by atoms with Gasteiger partial charge in [0.1, 0.15) is 5.75 Å². The van der Waals surface area contributed by atoms with Crippen LogP contribution in [0.1, 0.15) is 30.1 Å². The van der Waals surface area contributed by atoms with Gasteiger partial charge in [0.05, 0.1) is 12.5 Å². The zero-order valence-electron chi connectivity index (χ0n) is 15.0. The molecule has 1 aromatic heterocycles. The molecule has 1 N–H and O–H groups in total. The summed E-state index contributed by atoms with van der Waals surface area (Å²) in [6.07, 6.45) is 2.36. The maximum absolute atomic E-state index is 12.6. The van der Waals surface area contributed by atoms with Crippen molar-refractivity contribution in [2.45, 2.75) is 31.8 Å². The predicted molar refractivity (Wildman–Crippen MR) is 100 cm³/mol. The second kappa shape index (κ2) is 7.25. The molecule has 0 spiro atoms. The SMILES string of the molecule is COc1csc(Oc2ccc(C(=O)NC3C4CCN(CC4)C3C)cc2)n1. The third-order valence-electron chi connectivity index (χ3n) is 5.47. The number of aromatic nitrogens is 1. The van der Waals surface area contributed by atoms with E-state index < -0.39 is 0 Å². The van der Waals surface area contributed by atoms with Crippen LogP contribution >= 0.6 is 11.3 Å². The van der Waals surface area contributed by atoms with Gasteiger partial charge < -0.3 is 14.8 Å². The van der Waals surface area contributed by atoms with E-state index in [4.69, 9.17) is 9.47 Å². The smallest absolute Gasteiger partial charge is 0.282 e. The maximum atomic E-state index is 12.6. The van der Waals surface area contributed by atoms with Crippen LogP contribution in [0.25, 0.3) is 0 Å². The number of methoxy groups -OCH3 is 1. The highest BCUT2D eigenvalue weighted by Gasteiger charge is 2.40. The molecule has 7 heteroatoms. The number of amides is 1. The van der Waals surface area contributed by atoms with Gasteiger partial charge in [-0.25, -0.2) is 0 Å². The number of benzene rings is 1. The summed E-state index contributed by atoms with van der Waals surface area (Å²) in [7, 11) is 1.57. The van der Waals surface area contributed by atoms with Gasteiger partial charge in [0.15, 0.2) is 0 Å². The Labute approximate surface area is 157 Å². The fraction of sp³-hybridized carbons (Fsp3) is 0.474. The van der Waals surface area contributed by atoms with Crippen molar-refractivity contribution < 1.29 is 14.3 Å². The average molecular weight is 373 g/mol. The Morgan fingerprint density at radius 1 is 1.27 bits per heavy atom. The molecule has 138 valence electrons. The molecule has 0 aliphatic carbocycles. The first-order chi connectivity index (χ1) is 12.6. The van der Waals surface area contributed by atoms with E-state index in [0.717, 1.165) is 13.1 Å². The number of rotatable bonds is 5. The molecule has 2 bridgehead atoms. The zero-order valence-corrected chi connectivity index (χ0v) is 15.8. The van der Waals surface area contributed by atoms with Crippen LogP contribution in [0, 0.1) is 5.92 Å². The van der Waals surface area contributed by atoms with E-state index in [-0.39, 0.29) is 11.9 Å². The lowest BCUT2D eigenvalue weighted by atomic mass is 9.79. The Bertz CT molecular complexity index is 767. The average Bonchev–Trinajstić information content (AvgIpc) is 3.13. The Balaban J connectivity index is 1.39. The second-order valence-corrected chi connectivity index (χ2v) is 7.72. The lowest BCUT2D eigenvalue weighted by Gasteiger charge is -2.49. The largest absolute Gasteiger partial charge is 0.480 e.